The zero-order chi connectivity index (χ0) is 23.2. The maximum Gasteiger partial charge on any atom is 0.168 e. The topological polar surface area (TPSA) is 22.3 Å². The molecule has 3 aromatic rings. The van der Waals surface area contributed by atoms with Crippen LogP contribution < -0.4 is 25.0 Å². The largest absolute Gasteiger partial charge is 0.497 e. The van der Waals surface area contributed by atoms with E-state index in [4.69, 9.17) is 9.47 Å². The molecule has 3 nitrogen and oxygen atoms in total. The van der Waals surface area contributed by atoms with Crippen molar-refractivity contribution in [1.29, 1.82) is 0 Å². The van der Waals surface area contributed by atoms with E-state index in [1.165, 1.54) is 49.2 Å². The van der Waals surface area contributed by atoms with E-state index in [1.54, 1.807) is 14.2 Å². The lowest BCUT2D eigenvalue weighted by molar-refractivity contribution is -0.671. The van der Waals surface area contributed by atoms with Crippen LogP contribution in [0.2, 0.25) is 12.6 Å². The Kier molecular flexibility index (Phi) is 10.9. The third-order valence-corrected chi connectivity index (χ3v) is 6.47. The van der Waals surface area contributed by atoms with E-state index >= 15 is 0 Å². The van der Waals surface area contributed by atoms with E-state index in [0.29, 0.717) is 0 Å². The van der Waals surface area contributed by atoms with E-state index in [1.807, 2.05) is 42.2 Å². The zero-order valence-electron chi connectivity index (χ0n) is 20.6. The molecule has 0 radical (unpaired) electrons. The first-order valence-corrected chi connectivity index (χ1v) is 12.0. The number of unbranched alkanes of at least 4 members (excludes halogenated alkanes) is 2. The van der Waals surface area contributed by atoms with Crippen LogP contribution in [0.15, 0.2) is 79.1 Å². The van der Waals surface area contributed by atoms with Gasteiger partial charge in [-0.25, -0.2) is 15.5 Å². The highest BCUT2D eigenvalue weighted by Crippen LogP contribution is 2.24. The molecule has 0 aliphatic rings. The highest BCUT2D eigenvalue weighted by molar-refractivity contribution is 7.02. The van der Waals surface area contributed by atoms with Crippen LogP contribution in [0.1, 0.15) is 39.5 Å². The quantitative estimate of drug-likeness (QED) is 0.317. The van der Waals surface area contributed by atoms with Crippen molar-refractivity contribution in [2.24, 2.45) is 7.05 Å². The smallest absolute Gasteiger partial charge is 0.168 e. The van der Waals surface area contributed by atoms with Crippen molar-refractivity contribution in [3.05, 3.63) is 79.1 Å². The first kappa shape index (κ1) is 25.5. The number of aromatic nitrogens is 1. The summed E-state index contributed by atoms with van der Waals surface area (Å²) in [5.74, 6) is 1.85. The van der Waals surface area contributed by atoms with Crippen LogP contribution in [0.4, 0.5) is 0 Å². The van der Waals surface area contributed by atoms with Crippen molar-refractivity contribution in [3.8, 4) is 11.5 Å². The molecule has 1 aromatic heterocycles. The number of benzene rings is 2. The van der Waals surface area contributed by atoms with E-state index in [2.05, 4.69) is 62.4 Å². The standard InChI is InChI=1S/C22H32BO2.C6H8N/c1-5-7-17-23(18-8-6-2,19-9-13-21(24-3)14-10-19)20-11-15-22(25-4)16-12-20;1-7-5-3-2-4-6-7/h9-16H,5-8,17-18H2,1-4H3;2-6H,1H3/q-1;+1. The number of pyridine rings is 1. The van der Waals surface area contributed by atoms with Crippen LogP contribution in [-0.4, -0.2) is 20.4 Å². The first-order chi connectivity index (χ1) is 15.6. The molecule has 2 aromatic carbocycles. The summed E-state index contributed by atoms with van der Waals surface area (Å²) in [7, 11) is 5.45. The van der Waals surface area contributed by atoms with Gasteiger partial charge in [-0.1, -0.05) is 69.9 Å². The van der Waals surface area contributed by atoms with Crippen LogP contribution in [0.5, 0.6) is 11.5 Å². The van der Waals surface area contributed by atoms with Gasteiger partial charge in [0.25, 0.3) is 0 Å². The summed E-state index contributed by atoms with van der Waals surface area (Å²) in [6, 6.07) is 23.5. The molecule has 0 saturated carbocycles. The van der Waals surface area contributed by atoms with Gasteiger partial charge in [-0.05, 0) is 24.3 Å². The van der Waals surface area contributed by atoms with Crippen LogP contribution in [0.25, 0.3) is 0 Å². The molecule has 0 N–H and O–H groups in total. The van der Waals surface area contributed by atoms with Crippen molar-refractivity contribution in [1.82, 2.24) is 0 Å². The fourth-order valence-electron chi connectivity index (χ4n) is 4.54. The molecule has 0 atom stereocenters. The lowest BCUT2D eigenvalue weighted by Gasteiger charge is -2.42. The number of ether oxygens (including phenoxy) is 2. The molecule has 0 fully saturated rings. The molecule has 3 rings (SSSR count). The number of methoxy groups -OCH3 is 2. The fourth-order valence-corrected chi connectivity index (χ4v) is 4.54. The van der Waals surface area contributed by atoms with E-state index in [-0.39, 0.29) is 0 Å². The molecular formula is C28H40BNO2. The van der Waals surface area contributed by atoms with Gasteiger partial charge in [0.1, 0.15) is 18.5 Å². The van der Waals surface area contributed by atoms with Gasteiger partial charge in [-0.2, -0.15) is 12.6 Å². The van der Waals surface area contributed by atoms with Gasteiger partial charge in [0, 0.05) is 12.1 Å². The van der Waals surface area contributed by atoms with Gasteiger partial charge in [0.05, 0.1) is 20.4 Å². The van der Waals surface area contributed by atoms with Gasteiger partial charge in [0.2, 0.25) is 0 Å². The molecule has 1 heterocycles. The summed E-state index contributed by atoms with van der Waals surface area (Å²) in [5, 5.41) is 0. The molecule has 0 bridgehead atoms. The SMILES string of the molecule is CCCC[B-](CCCC)(c1ccc(OC)cc1)c1ccc(OC)cc1.C[n+]1ccccc1. The third-order valence-electron chi connectivity index (χ3n) is 6.47. The van der Waals surface area contributed by atoms with Crippen LogP contribution in [0.3, 0.4) is 0 Å². The van der Waals surface area contributed by atoms with Gasteiger partial charge in [-0.3, -0.25) is 0 Å². The summed E-state index contributed by atoms with van der Waals surface area (Å²) in [6.45, 7) is 4.56. The minimum atomic E-state index is -0.764. The molecular weight excluding hydrogens is 393 g/mol. The highest BCUT2D eigenvalue weighted by atomic mass is 16.5. The zero-order valence-corrected chi connectivity index (χ0v) is 20.6. The number of nitrogens with zero attached hydrogens (tertiary/aromatic N) is 1. The Labute approximate surface area is 195 Å². The van der Waals surface area contributed by atoms with Gasteiger partial charge < -0.3 is 9.47 Å². The maximum absolute atomic E-state index is 5.37. The minimum absolute atomic E-state index is 0.764. The van der Waals surface area contributed by atoms with Crippen molar-refractivity contribution in [3.63, 3.8) is 0 Å². The lowest BCUT2D eigenvalue weighted by Crippen LogP contribution is -2.58. The molecule has 0 unspecified atom stereocenters. The third kappa shape index (κ3) is 7.15. The first-order valence-electron chi connectivity index (χ1n) is 12.0. The highest BCUT2D eigenvalue weighted by Gasteiger charge is 2.27. The van der Waals surface area contributed by atoms with E-state index in [0.717, 1.165) is 11.5 Å². The summed E-state index contributed by atoms with van der Waals surface area (Å²) < 4.78 is 12.7. The second-order valence-corrected chi connectivity index (χ2v) is 8.62. The monoisotopic (exact) mass is 433 g/mol. The average molecular weight is 433 g/mol. The molecule has 0 spiro atoms. The number of hydrogen-bond acceptors (Lipinski definition) is 2. The van der Waals surface area contributed by atoms with Crippen molar-refractivity contribution in [2.45, 2.75) is 52.2 Å². The Morgan fingerprint density at radius 3 is 1.34 bits per heavy atom. The van der Waals surface area contributed by atoms with Gasteiger partial charge >= 0.3 is 0 Å². The van der Waals surface area contributed by atoms with E-state index in [9.17, 15) is 0 Å². The van der Waals surface area contributed by atoms with Crippen LogP contribution in [-0.2, 0) is 7.05 Å². The predicted octanol–water partition coefficient (Wildman–Crippen LogP) is 5.38. The average Bonchev–Trinajstić information content (AvgIpc) is 2.85. The second-order valence-electron chi connectivity index (χ2n) is 8.62. The lowest BCUT2D eigenvalue weighted by atomic mass is 9.15. The Bertz CT molecular complexity index is 822. The molecule has 172 valence electrons. The Morgan fingerprint density at radius 2 is 1.06 bits per heavy atom. The normalized spacial score (nSPS) is 10.8. The molecule has 4 heteroatoms. The Morgan fingerprint density at radius 1 is 0.656 bits per heavy atom. The molecule has 32 heavy (non-hydrogen) atoms. The number of rotatable bonds is 10. The molecule has 0 saturated heterocycles. The van der Waals surface area contributed by atoms with Crippen LogP contribution in [0, 0.1) is 0 Å². The number of aryl methyl sites for hydroxylation is 1. The maximum atomic E-state index is 5.37. The number of hydrogen-bond donors (Lipinski definition) is 0. The summed E-state index contributed by atoms with van der Waals surface area (Å²) >= 11 is 0. The van der Waals surface area contributed by atoms with Gasteiger partial charge in [0.15, 0.2) is 12.4 Å². The molecule has 0 amide bonds. The van der Waals surface area contributed by atoms with Crippen molar-refractivity contribution < 1.29 is 14.0 Å². The van der Waals surface area contributed by atoms with E-state index < -0.39 is 6.15 Å². The predicted molar refractivity (Wildman–Crippen MR) is 138 cm³/mol. The Hall–Kier alpha value is -2.75. The molecule has 0 aliphatic heterocycles. The van der Waals surface area contributed by atoms with Crippen molar-refractivity contribution in [2.75, 3.05) is 14.2 Å². The minimum Gasteiger partial charge on any atom is -0.497 e. The fraction of sp³-hybridized carbons (Fsp3) is 0.393. The molecule has 0 aliphatic carbocycles. The van der Waals surface area contributed by atoms with Gasteiger partial charge in [-0.15, -0.1) is 0 Å². The van der Waals surface area contributed by atoms with Crippen molar-refractivity contribution >= 4 is 17.1 Å². The Balaban J connectivity index is 0.000000439. The summed E-state index contributed by atoms with van der Waals surface area (Å²) in [5.41, 5.74) is 2.90. The summed E-state index contributed by atoms with van der Waals surface area (Å²) in [6.07, 6.45) is 10.6. The summed E-state index contributed by atoms with van der Waals surface area (Å²) in [4.78, 5) is 0. The van der Waals surface area contributed by atoms with Crippen LogP contribution >= 0.6 is 0 Å². The second kappa shape index (κ2) is 13.6.